The van der Waals surface area contributed by atoms with E-state index < -0.39 is 0 Å². The topological polar surface area (TPSA) is 39.2 Å². The molecule has 2 N–H and O–H groups in total. The smallest absolute Gasteiger partial charge is 0.137 e. The van der Waals surface area contributed by atoms with Gasteiger partial charge in [0.15, 0.2) is 0 Å². The molecular weight excluding hydrogens is 193 g/mol. The lowest BCUT2D eigenvalue weighted by Crippen LogP contribution is -2.17. The third-order valence-corrected chi connectivity index (χ3v) is 2.48. The van der Waals surface area contributed by atoms with Crippen LogP contribution in [0.15, 0.2) is 22.6 Å². The van der Waals surface area contributed by atoms with Crippen LogP contribution in [0.4, 0.5) is 4.39 Å². The van der Waals surface area contributed by atoms with E-state index in [4.69, 9.17) is 10.2 Å². The number of hydrogen-bond donors (Lipinski definition) is 1. The van der Waals surface area contributed by atoms with Crippen LogP contribution in [0.2, 0.25) is 0 Å². The van der Waals surface area contributed by atoms with Gasteiger partial charge >= 0.3 is 0 Å². The number of nitrogens with two attached hydrogens (primary N) is 1. The molecule has 1 aromatic heterocycles. The van der Waals surface area contributed by atoms with Crippen molar-refractivity contribution in [2.75, 3.05) is 0 Å². The highest BCUT2D eigenvalue weighted by atomic mass is 19.1. The minimum Gasteiger partial charge on any atom is -0.461 e. The molecule has 0 bridgehead atoms. The molecule has 2 rings (SSSR count). The zero-order valence-electron chi connectivity index (χ0n) is 8.88. The van der Waals surface area contributed by atoms with Gasteiger partial charge in [0, 0.05) is 23.1 Å². The molecule has 0 fully saturated rings. The zero-order chi connectivity index (χ0) is 11.0. The number of furan rings is 1. The van der Waals surface area contributed by atoms with Gasteiger partial charge in [-0.05, 0) is 32.4 Å². The number of halogens is 1. The molecule has 0 spiro atoms. The first-order valence-corrected chi connectivity index (χ1v) is 5.01. The van der Waals surface area contributed by atoms with Gasteiger partial charge in [0.1, 0.15) is 17.2 Å². The van der Waals surface area contributed by atoms with E-state index in [0.717, 1.165) is 23.1 Å². The molecule has 0 aliphatic heterocycles. The van der Waals surface area contributed by atoms with Gasteiger partial charge in [-0.25, -0.2) is 4.39 Å². The van der Waals surface area contributed by atoms with Crippen molar-refractivity contribution in [2.24, 2.45) is 5.73 Å². The second-order valence-corrected chi connectivity index (χ2v) is 3.96. The van der Waals surface area contributed by atoms with Gasteiger partial charge in [0.25, 0.3) is 0 Å². The molecule has 1 unspecified atom stereocenters. The quantitative estimate of drug-likeness (QED) is 0.822. The molecule has 0 radical (unpaired) electrons. The Bertz CT molecular complexity index is 488. The van der Waals surface area contributed by atoms with Crippen LogP contribution in [0.1, 0.15) is 18.2 Å². The van der Waals surface area contributed by atoms with Crippen molar-refractivity contribution in [3.05, 3.63) is 35.3 Å². The van der Waals surface area contributed by atoms with Crippen LogP contribution in [-0.2, 0) is 6.42 Å². The minimum absolute atomic E-state index is 0.0783. The van der Waals surface area contributed by atoms with E-state index in [0.29, 0.717) is 5.58 Å². The molecule has 0 aliphatic rings. The van der Waals surface area contributed by atoms with Gasteiger partial charge in [-0.1, -0.05) is 0 Å². The van der Waals surface area contributed by atoms with Crippen LogP contribution in [-0.4, -0.2) is 6.04 Å². The average Bonchev–Trinajstić information content (AvgIpc) is 2.41. The number of hydrogen-bond acceptors (Lipinski definition) is 2. The summed E-state index contributed by atoms with van der Waals surface area (Å²) in [4.78, 5) is 0. The number of rotatable bonds is 2. The molecule has 2 aromatic rings. The molecule has 80 valence electrons. The first-order valence-electron chi connectivity index (χ1n) is 5.01. The van der Waals surface area contributed by atoms with Crippen molar-refractivity contribution in [1.82, 2.24) is 0 Å². The van der Waals surface area contributed by atoms with E-state index in [1.54, 1.807) is 6.07 Å². The van der Waals surface area contributed by atoms with Gasteiger partial charge in [-0.2, -0.15) is 0 Å². The van der Waals surface area contributed by atoms with Crippen LogP contribution < -0.4 is 5.73 Å². The summed E-state index contributed by atoms with van der Waals surface area (Å²) in [5, 5.41) is 0.964. The Morgan fingerprint density at radius 2 is 2.20 bits per heavy atom. The summed E-state index contributed by atoms with van der Waals surface area (Å²) in [6, 6.07) is 4.68. The second kappa shape index (κ2) is 3.66. The summed E-state index contributed by atoms with van der Waals surface area (Å²) in [7, 11) is 0. The fraction of sp³-hybridized carbons (Fsp3) is 0.333. The maximum Gasteiger partial charge on any atom is 0.137 e. The van der Waals surface area contributed by atoms with Crippen molar-refractivity contribution in [2.45, 2.75) is 26.3 Å². The van der Waals surface area contributed by atoms with Crippen molar-refractivity contribution in [1.29, 1.82) is 0 Å². The third kappa shape index (κ3) is 1.88. The normalized spacial score (nSPS) is 13.3. The zero-order valence-corrected chi connectivity index (χ0v) is 8.88. The lowest BCUT2D eigenvalue weighted by molar-refractivity contribution is 0.562. The molecule has 0 amide bonds. The highest BCUT2D eigenvalue weighted by molar-refractivity contribution is 5.82. The van der Waals surface area contributed by atoms with Gasteiger partial charge in [-0.15, -0.1) is 0 Å². The van der Waals surface area contributed by atoms with Crippen molar-refractivity contribution in [3.8, 4) is 0 Å². The number of fused-ring (bicyclic) bond motifs is 1. The van der Waals surface area contributed by atoms with Gasteiger partial charge in [0.2, 0.25) is 0 Å². The van der Waals surface area contributed by atoms with Crippen LogP contribution in [0.25, 0.3) is 11.0 Å². The number of benzene rings is 1. The van der Waals surface area contributed by atoms with E-state index in [1.807, 2.05) is 13.8 Å². The molecule has 3 heteroatoms. The fourth-order valence-electron chi connectivity index (χ4n) is 1.82. The SMILES string of the molecule is Cc1oc2cc(F)ccc2c1CC(C)N. The Morgan fingerprint density at radius 3 is 2.87 bits per heavy atom. The standard InChI is InChI=1S/C12H14FNO/c1-7(14)5-11-8(2)15-12-6-9(13)3-4-10(11)12/h3-4,6-7H,5,14H2,1-2H3. The van der Waals surface area contributed by atoms with E-state index in [1.165, 1.54) is 12.1 Å². The van der Waals surface area contributed by atoms with E-state index in [-0.39, 0.29) is 11.9 Å². The second-order valence-electron chi connectivity index (χ2n) is 3.96. The molecule has 0 aliphatic carbocycles. The first-order chi connectivity index (χ1) is 7.08. The Labute approximate surface area is 87.9 Å². The summed E-state index contributed by atoms with van der Waals surface area (Å²) in [5.41, 5.74) is 7.44. The predicted molar refractivity (Wildman–Crippen MR) is 58.3 cm³/mol. The Balaban J connectivity index is 2.58. The highest BCUT2D eigenvalue weighted by Crippen LogP contribution is 2.26. The maximum absolute atomic E-state index is 13.0. The Hall–Kier alpha value is -1.35. The third-order valence-electron chi connectivity index (χ3n) is 2.48. The Morgan fingerprint density at radius 1 is 1.47 bits per heavy atom. The number of aryl methyl sites for hydroxylation is 1. The molecule has 15 heavy (non-hydrogen) atoms. The average molecular weight is 207 g/mol. The van der Waals surface area contributed by atoms with Gasteiger partial charge < -0.3 is 10.2 Å². The summed E-state index contributed by atoms with van der Waals surface area (Å²) in [5.74, 6) is 0.552. The summed E-state index contributed by atoms with van der Waals surface area (Å²) in [6.07, 6.45) is 0.754. The van der Waals surface area contributed by atoms with Crippen molar-refractivity contribution < 1.29 is 8.81 Å². The van der Waals surface area contributed by atoms with Crippen LogP contribution in [0, 0.1) is 12.7 Å². The van der Waals surface area contributed by atoms with Crippen LogP contribution >= 0.6 is 0 Å². The fourth-order valence-corrected chi connectivity index (χ4v) is 1.82. The monoisotopic (exact) mass is 207 g/mol. The van der Waals surface area contributed by atoms with Crippen molar-refractivity contribution in [3.63, 3.8) is 0 Å². The lowest BCUT2D eigenvalue weighted by atomic mass is 10.0. The molecule has 1 atom stereocenters. The van der Waals surface area contributed by atoms with Crippen LogP contribution in [0.3, 0.4) is 0 Å². The maximum atomic E-state index is 13.0. The largest absolute Gasteiger partial charge is 0.461 e. The molecular formula is C12H14FNO. The van der Waals surface area contributed by atoms with Crippen molar-refractivity contribution >= 4 is 11.0 Å². The molecule has 0 saturated heterocycles. The van der Waals surface area contributed by atoms with Crippen LogP contribution in [0.5, 0.6) is 0 Å². The molecule has 1 heterocycles. The lowest BCUT2D eigenvalue weighted by Gasteiger charge is -2.03. The van der Waals surface area contributed by atoms with Gasteiger partial charge in [0.05, 0.1) is 0 Å². The molecule has 2 nitrogen and oxygen atoms in total. The summed E-state index contributed by atoms with van der Waals surface area (Å²) < 4.78 is 18.4. The van der Waals surface area contributed by atoms with E-state index >= 15 is 0 Å². The molecule has 1 aromatic carbocycles. The van der Waals surface area contributed by atoms with E-state index in [2.05, 4.69) is 0 Å². The minimum atomic E-state index is -0.274. The summed E-state index contributed by atoms with van der Waals surface area (Å²) in [6.45, 7) is 3.83. The Kier molecular flexibility index (Phi) is 2.49. The first kappa shape index (κ1) is 10.2. The predicted octanol–water partition coefficient (Wildman–Crippen LogP) is 2.77. The molecule has 0 saturated carbocycles. The van der Waals surface area contributed by atoms with E-state index in [9.17, 15) is 4.39 Å². The van der Waals surface area contributed by atoms with Gasteiger partial charge in [-0.3, -0.25) is 0 Å². The highest BCUT2D eigenvalue weighted by Gasteiger charge is 2.12. The summed E-state index contributed by atoms with van der Waals surface area (Å²) >= 11 is 0.